The molecule has 0 atom stereocenters. The molecule has 3 rings (SSSR count). The zero-order valence-electron chi connectivity index (χ0n) is 16.8. The van der Waals surface area contributed by atoms with Gasteiger partial charge in [0, 0.05) is 26.1 Å². The number of hydrogen-bond acceptors (Lipinski definition) is 4. The Hall–Kier alpha value is -3.93. The number of para-hydroxylation sites is 1. The first-order valence-corrected chi connectivity index (χ1v) is 9.42. The SMILES string of the molecule is CC(=O)Oc1ccc(C(=O)Nc2ccccc2C(=O)N(C)Cc2ccccc2)cc1. The second kappa shape index (κ2) is 9.52. The first kappa shape index (κ1) is 20.8. The summed E-state index contributed by atoms with van der Waals surface area (Å²) in [4.78, 5) is 38.2. The zero-order valence-corrected chi connectivity index (χ0v) is 16.8. The second-order valence-corrected chi connectivity index (χ2v) is 6.76. The summed E-state index contributed by atoms with van der Waals surface area (Å²) in [6.45, 7) is 1.77. The van der Waals surface area contributed by atoms with E-state index in [1.54, 1.807) is 60.5 Å². The molecule has 3 aromatic rings. The van der Waals surface area contributed by atoms with E-state index in [-0.39, 0.29) is 11.8 Å². The van der Waals surface area contributed by atoms with E-state index < -0.39 is 5.97 Å². The van der Waals surface area contributed by atoms with Gasteiger partial charge in [-0.2, -0.15) is 0 Å². The van der Waals surface area contributed by atoms with Gasteiger partial charge in [-0.05, 0) is 42.0 Å². The average Bonchev–Trinajstić information content (AvgIpc) is 2.74. The molecule has 0 bridgehead atoms. The van der Waals surface area contributed by atoms with Crippen LogP contribution in [0.4, 0.5) is 5.69 Å². The fourth-order valence-electron chi connectivity index (χ4n) is 2.95. The molecule has 0 aliphatic rings. The standard InChI is InChI=1S/C24H22N2O4/c1-17(27)30-20-14-12-19(13-15-20)23(28)25-22-11-7-6-10-21(22)24(29)26(2)16-18-8-4-3-5-9-18/h3-15H,16H2,1-2H3,(H,25,28). The van der Waals surface area contributed by atoms with Gasteiger partial charge in [0.25, 0.3) is 11.8 Å². The lowest BCUT2D eigenvalue weighted by atomic mass is 10.1. The molecule has 30 heavy (non-hydrogen) atoms. The van der Waals surface area contributed by atoms with Gasteiger partial charge in [0.05, 0.1) is 11.3 Å². The maximum absolute atomic E-state index is 13.0. The van der Waals surface area contributed by atoms with Gasteiger partial charge in [-0.25, -0.2) is 0 Å². The Morgan fingerprint density at radius 2 is 1.50 bits per heavy atom. The third-order valence-corrected chi connectivity index (χ3v) is 4.39. The Morgan fingerprint density at radius 1 is 0.867 bits per heavy atom. The lowest BCUT2D eigenvalue weighted by molar-refractivity contribution is -0.131. The largest absolute Gasteiger partial charge is 0.427 e. The monoisotopic (exact) mass is 402 g/mol. The van der Waals surface area contributed by atoms with Gasteiger partial charge in [0.15, 0.2) is 0 Å². The third kappa shape index (κ3) is 5.32. The van der Waals surface area contributed by atoms with Crippen LogP contribution in [0.15, 0.2) is 78.9 Å². The van der Waals surface area contributed by atoms with E-state index in [0.717, 1.165) is 5.56 Å². The number of rotatable bonds is 6. The van der Waals surface area contributed by atoms with Crippen molar-refractivity contribution in [2.45, 2.75) is 13.5 Å². The minimum atomic E-state index is -0.431. The summed E-state index contributed by atoms with van der Waals surface area (Å²) < 4.78 is 4.97. The van der Waals surface area contributed by atoms with Crippen LogP contribution in [0.3, 0.4) is 0 Å². The summed E-state index contributed by atoms with van der Waals surface area (Å²) in [5.74, 6) is -0.633. The number of esters is 1. The van der Waals surface area contributed by atoms with Crippen LogP contribution < -0.4 is 10.1 Å². The Morgan fingerprint density at radius 3 is 2.17 bits per heavy atom. The number of carbonyl (C=O) groups is 3. The summed E-state index contributed by atoms with van der Waals surface area (Å²) in [5.41, 5.74) is 2.23. The summed E-state index contributed by atoms with van der Waals surface area (Å²) in [7, 11) is 1.72. The van der Waals surface area contributed by atoms with Crippen LogP contribution >= 0.6 is 0 Å². The quantitative estimate of drug-likeness (QED) is 0.497. The normalized spacial score (nSPS) is 10.2. The molecule has 2 amide bonds. The minimum Gasteiger partial charge on any atom is -0.427 e. The molecule has 6 nitrogen and oxygen atoms in total. The molecule has 0 saturated carbocycles. The lowest BCUT2D eigenvalue weighted by Crippen LogP contribution is -2.27. The fraction of sp³-hybridized carbons (Fsp3) is 0.125. The molecule has 0 heterocycles. The molecule has 0 radical (unpaired) electrons. The van der Waals surface area contributed by atoms with Crippen LogP contribution in [0.5, 0.6) is 5.75 Å². The Balaban J connectivity index is 1.73. The van der Waals surface area contributed by atoms with Gasteiger partial charge in [-0.3, -0.25) is 14.4 Å². The number of ether oxygens (including phenoxy) is 1. The van der Waals surface area contributed by atoms with Crippen LogP contribution in [-0.2, 0) is 11.3 Å². The molecule has 152 valence electrons. The molecule has 0 spiro atoms. The highest BCUT2D eigenvalue weighted by Crippen LogP contribution is 2.20. The molecular weight excluding hydrogens is 380 g/mol. The van der Waals surface area contributed by atoms with Crippen molar-refractivity contribution < 1.29 is 19.1 Å². The smallest absolute Gasteiger partial charge is 0.308 e. The van der Waals surface area contributed by atoms with Crippen molar-refractivity contribution >= 4 is 23.5 Å². The van der Waals surface area contributed by atoms with E-state index in [1.165, 1.54) is 6.92 Å². The number of amides is 2. The third-order valence-electron chi connectivity index (χ3n) is 4.39. The van der Waals surface area contributed by atoms with Crippen LogP contribution in [0.2, 0.25) is 0 Å². The molecule has 0 aliphatic carbocycles. The summed E-state index contributed by atoms with van der Waals surface area (Å²) in [6.07, 6.45) is 0. The van der Waals surface area contributed by atoms with Gasteiger partial charge in [-0.15, -0.1) is 0 Å². The number of nitrogens with zero attached hydrogens (tertiary/aromatic N) is 1. The number of nitrogens with one attached hydrogen (secondary N) is 1. The zero-order chi connectivity index (χ0) is 21.5. The van der Waals surface area contributed by atoms with Gasteiger partial charge in [0.2, 0.25) is 0 Å². The van der Waals surface area contributed by atoms with Crippen molar-refractivity contribution in [2.75, 3.05) is 12.4 Å². The highest BCUT2D eigenvalue weighted by molar-refractivity contribution is 6.09. The number of carbonyl (C=O) groups excluding carboxylic acids is 3. The summed E-state index contributed by atoms with van der Waals surface area (Å²) in [6, 6.07) is 22.8. The molecular formula is C24H22N2O4. The summed E-state index contributed by atoms with van der Waals surface area (Å²) in [5, 5.41) is 2.79. The lowest BCUT2D eigenvalue weighted by Gasteiger charge is -2.19. The maximum Gasteiger partial charge on any atom is 0.308 e. The minimum absolute atomic E-state index is 0.194. The van der Waals surface area contributed by atoms with Gasteiger partial charge in [-0.1, -0.05) is 42.5 Å². The maximum atomic E-state index is 13.0. The van der Waals surface area contributed by atoms with E-state index in [1.807, 2.05) is 30.3 Å². The Labute approximate surface area is 175 Å². The van der Waals surface area contributed by atoms with Crippen LogP contribution in [0, 0.1) is 0 Å². The van der Waals surface area contributed by atoms with Gasteiger partial charge in [0.1, 0.15) is 5.75 Å². The molecule has 6 heteroatoms. The van der Waals surface area contributed by atoms with Crippen LogP contribution in [0.1, 0.15) is 33.2 Å². The summed E-state index contributed by atoms with van der Waals surface area (Å²) >= 11 is 0. The molecule has 0 aromatic heterocycles. The highest BCUT2D eigenvalue weighted by Gasteiger charge is 2.17. The molecule has 0 fully saturated rings. The van der Waals surface area contributed by atoms with Crippen molar-refractivity contribution in [3.8, 4) is 5.75 Å². The van der Waals surface area contributed by atoms with E-state index in [2.05, 4.69) is 5.32 Å². The Kier molecular flexibility index (Phi) is 6.60. The number of benzene rings is 3. The van der Waals surface area contributed by atoms with Gasteiger partial charge >= 0.3 is 5.97 Å². The van der Waals surface area contributed by atoms with E-state index >= 15 is 0 Å². The topological polar surface area (TPSA) is 75.7 Å². The molecule has 3 aromatic carbocycles. The average molecular weight is 402 g/mol. The highest BCUT2D eigenvalue weighted by atomic mass is 16.5. The number of hydrogen-bond donors (Lipinski definition) is 1. The second-order valence-electron chi connectivity index (χ2n) is 6.76. The predicted octanol–water partition coefficient (Wildman–Crippen LogP) is 4.14. The molecule has 0 aliphatic heterocycles. The van der Waals surface area contributed by atoms with Crippen molar-refractivity contribution in [1.82, 2.24) is 4.90 Å². The van der Waals surface area contributed by atoms with E-state index in [4.69, 9.17) is 4.74 Å². The Bertz CT molecular complexity index is 1050. The molecule has 1 N–H and O–H groups in total. The predicted molar refractivity (Wildman–Crippen MR) is 114 cm³/mol. The van der Waals surface area contributed by atoms with Crippen molar-refractivity contribution in [2.24, 2.45) is 0 Å². The van der Waals surface area contributed by atoms with E-state index in [0.29, 0.717) is 29.1 Å². The first-order chi connectivity index (χ1) is 14.4. The van der Waals surface area contributed by atoms with Crippen molar-refractivity contribution in [1.29, 1.82) is 0 Å². The van der Waals surface area contributed by atoms with Crippen LogP contribution in [0.25, 0.3) is 0 Å². The number of anilines is 1. The van der Waals surface area contributed by atoms with Crippen molar-refractivity contribution in [3.05, 3.63) is 95.6 Å². The van der Waals surface area contributed by atoms with Gasteiger partial charge < -0.3 is 15.0 Å². The first-order valence-electron chi connectivity index (χ1n) is 9.42. The van der Waals surface area contributed by atoms with E-state index in [9.17, 15) is 14.4 Å². The molecule has 0 unspecified atom stereocenters. The van der Waals surface area contributed by atoms with Crippen LogP contribution in [-0.4, -0.2) is 29.7 Å². The fourth-order valence-corrected chi connectivity index (χ4v) is 2.95. The molecule has 0 saturated heterocycles. The van der Waals surface area contributed by atoms with Crippen molar-refractivity contribution in [3.63, 3.8) is 0 Å².